The fraction of sp³-hybridized carbons (Fsp3) is 0.273. The number of benzene rings is 1. The molecular formula is C11H14S. The monoisotopic (exact) mass is 178 g/mol. The van der Waals surface area contributed by atoms with Crippen LogP contribution in [0.25, 0.3) is 0 Å². The second-order valence-electron chi connectivity index (χ2n) is 2.74. The zero-order valence-corrected chi connectivity index (χ0v) is 8.18. The van der Waals surface area contributed by atoms with E-state index in [1.807, 2.05) is 23.9 Å². The molecule has 0 nitrogen and oxygen atoms in total. The van der Waals surface area contributed by atoms with E-state index >= 15 is 0 Å². The van der Waals surface area contributed by atoms with Crippen LogP contribution in [0, 0.1) is 0 Å². The Balaban J connectivity index is 2.38. The second-order valence-corrected chi connectivity index (χ2v) is 4.10. The maximum absolute atomic E-state index is 3.75. The van der Waals surface area contributed by atoms with Gasteiger partial charge >= 0.3 is 0 Å². The van der Waals surface area contributed by atoms with Gasteiger partial charge in [-0.2, -0.15) is 0 Å². The van der Waals surface area contributed by atoms with E-state index in [0.717, 1.165) is 5.75 Å². The summed E-state index contributed by atoms with van der Waals surface area (Å²) in [6.07, 6.45) is 1.98. The average Bonchev–Trinajstić information content (AvgIpc) is 2.16. The predicted molar refractivity (Wildman–Crippen MR) is 57.4 cm³/mol. The summed E-state index contributed by atoms with van der Waals surface area (Å²) in [4.78, 5) is 0. The smallest absolute Gasteiger partial charge is 0.0199 e. The van der Waals surface area contributed by atoms with Crippen molar-refractivity contribution in [1.82, 2.24) is 0 Å². The molecule has 1 heteroatoms. The first-order chi connectivity index (χ1) is 5.83. The molecule has 0 amide bonds. The van der Waals surface area contributed by atoms with Crippen molar-refractivity contribution in [3.05, 3.63) is 48.6 Å². The third-order valence-corrected chi connectivity index (χ3v) is 2.91. The van der Waals surface area contributed by atoms with Crippen LogP contribution in [0.2, 0.25) is 0 Å². The highest BCUT2D eigenvalue weighted by atomic mass is 32.2. The van der Waals surface area contributed by atoms with Gasteiger partial charge in [0, 0.05) is 11.0 Å². The van der Waals surface area contributed by atoms with E-state index in [4.69, 9.17) is 0 Å². The first kappa shape index (κ1) is 9.40. The average molecular weight is 178 g/mol. The minimum atomic E-state index is 0.546. The molecule has 12 heavy (non-hydrogen) atoms. The van der Waals surface area contributed by atoms with Crippen LogP contribution in [0.1, 0.15) is 12.5 Å². The third-order valence-electron chi connectivity index (χ3n) is 1.69. The minimum Gasteiger partial charge on any atom is -0.150 e. The highest BCUT2D eigenvalue weighted by molar-refractivity contribution is 7.99. The Morgan fingerprint density at radius 3 is 2.67 bits per heavy atom. The van der Waals surface area contributed by atoms with Crippen LogP contribution in [0.3, 0.4) is 0 Å². The molecular weight excluding hydrogens is 164 g/mol. The number of hydrogen-bond donors (Lipinski definition) is 0. The Hall–Kier alpha value is -0.690. The molecule has 0 saturated heterocycles. The van der Waals surface area contributed by atoms with E-state index in [1.165, 1.54) is 5.56 Å². The third kappa shape index (κ3) is 3.14. The van der Waals surface area contributed by atoms with Gasteiger partial charge in [-0.25, -0.2) is 0 Å². The van der Waals surface area contributed by atoms with Crippen molar-refractivity contribution in [2.24, 2.45) is 0 Å². The summed E-state index contributed by atoms with van der Waals surface area (Å²) < 4.78 is 0. The molecule has 0 aliphatic heterocycles. The van der Waals surface area contributed by atoms with E-state index in [0.29, 0.717) is 5.25 Å². The van der Waals surface area contributed by atoms with Crippen molar-refractivity contribution in [2.45, 2.75) is 17.9 Å². The molecule has 64 valence electrons. The lowest BCUT2D eigenvalue weighted by atomic mass is 10.2. The van der Waals surface area contributed by atoms with Gasteiger partial charge in [-0.3, -0.25) is 0 Å². The molecule has 1 aromatic carbocycles. The van der Waals surface area contributed by atoms with Crippen molar-refractivity contribution in [3.8, 4) is 0 Å². The van der Waals surface area contributed by atoms with Gasteiger partial charge in [0.25, 0.3) is 0 Å². The van der Waals surface area contributed by atoms with Crippen molar-refractivity contribution in [2.75, 3.05) is 0 Å². The summed E-state index contributed by atoms with van der Waals surface area (Å²) in [5, 5.41) is 0.546. The highest BCUT2D eigenvalue weighted by Crippen LogP contribution is 2.17. The summed E-state index contributed by atoms with van der Waals surface area (Å²) in [5.74, 6) is 1.08. The van der Waals surface area contributed by atoms with Crippen LogP contribution in [0.5, 0.6) is 0 Å². The molecule has 0 N–H and O–H groups in total. The molecule has 1 rings (SSSR count). The molecule has 0 bridgehead atoms. The Kier molecular flexibility index (Phi) is 3.95. The largest absolute Gasteiger partial charge is 0.150 e. The summed E-state index contributed by atoms with van der Waals surface area (Å²) in [5.41, 5.74) is 1.39. The van der Waals surface area contributed by atoms with Crippen LogP contribution >= 0.6 is 11.8 Å². The minimum absolute atomic E-state index is 0.546. The van der Waals surface area contributed by atoms with Gasteiger partial charge in [-0.05, 0) is 12.5 Å². The second kappa shape index (κ2) is 5.04. The molecule has 1 aromatic rings. The first-order valence-electron chi connectivity index (χ1n) is 4.11. The van der Waals surface area contributed by atoms with Crippen molar-refractivity contribution >= 4 is 11.8 Å². The Morgan fingerprint density at radius 1 is 1.42 bits per heavy atom. The molecule has 0 aliphatic carbocycles. The van der Waals surface area contributed by atoms with Gasteiger partial charge in [-0.1, -0.05) is 36.4 Å². The standard InChI is InChI=1S/C11H14S/c1-3-10(2)12-9-11-7-5-4-6-8-11/h3-8,10H,1,9H2,2H3. The fourth-order valence-electron chi connectivity index (χ4n) is 0.870. The lowest BCUT2D eigenvalue weighted by molar-refractivity contribution is 1.24. The maximum atomic E-state index is 3.75. The van der Waals surface area contributed by atoms with Crippen LogP contribution < -0.4 is 0 Å². The molecule has 0 radical (unpaired) electrons. The van der Waals surface area contributed by atoms with Crippen LogP contribution in [0.4, 0.5) is 0 Å². The lowest BCUT2D eigenvalue weighted by Crippen LogP contribution is -1.89. The maximum Gasteiger partial charge on any atom is 0.0199 e. The van der Waals surface area contributed by atoms with Crippen LogP contribution in [0.15, 0.2) is 43.0 Å². The van der Waals surface area contributed by atoms with Gasteiger partial charge < -0.3 is 0 Å². The van der Waals surface area contributed by atoms with Crippen molar-refractivity contribution < 1.29 is 0 Å². The molecule has 1 atom stereocenters. The van der Waals surface area contributed by atoms with E-state index in [-0.39, 0.29) is 0 Å². The summed E-state index contributed by atoms with van der Waals surface area (Å²) in [7, 11) is 0. The molecule has 0 heterocycles. The number of thioether (sulfide) groups is 1. The summed E-state index contributed by atoms with van der Waals surface area (Å²) >= 11 is 1.91. The molecule has 1 unspecified atom stereocenters. The van der Waals surface area contributed by atoms with Gasteiger partial charge in [0.1, 0.15) is 0 Å². The molecule has 0 spiro atoms. The zero-order valence-electron chi connectivity index (χ0n) is 7.36. The first-order valence-corrected chi connectivity index (χ1v) is 5.16. The van der Waals surface area contributed by atoms with Gasteiger partial charge in [0.2, 0.25) is 0 Å². The Bertz CT molecular complexity index is 228. The topological polar surface area (TPSA) is 0 Å². The van der Waals surface area contributed by atoms with E-state index in [2.05, 4.69) is 37.8 Å². The lowest BCUT2D eigenvalue weighted by Gasteiger charge is -2.04. The molecule has 0 saturated carbocycles. The molecule has 0 aliphatic rings. The summed E-state index contributed by atoms with van der Waals surface area (Å²) in [6.45, 7) is 5.92. The van der Waals surface area contributed by atoms with Crippen molar-refractivity contribution in [3.63, 3.8) is 0 Å². The number of hydrogen-bond acceptors (Lipinski definition) is 1. The normalized spacial score (nSPS) is 12.4. The van der Waals surface area contributed by atoms with Crippen molar-refractivity contribution in [1.29, 1.82) is 0 Å². The Labute approximate surface area is 78.7 Å². The molecule has 0 fully saturated rings. The Morgan fingerprint density at radius 2 is 2.08 bits per heavy atom. The SMILES string of the molecule is C=CC(C)SCc1ccccc1. The zero-order chi connectivity index (χ0) is 8.81. The highest BCUT2D eigenvalue weighted by Gasteiger charge is 1.96. The predicted octanol–water partition coefficient (Wildman–Crippen LogP) is 3.49. The van der Waals surface area contributed by atoms with Gasteiger partial charge in [0.15, 0.2) is 0 Å². The van der Waals surface area contributed by atoms with Gasteiger partial charge in [0.05, 0.1) is 0 Å². The van der Waals surface area contributed by atoms with Crippen LogP contribution in [-0.4, -0.2) is 5.25 Å². The fourth-order valence-corrected chi connectivity index (χ4v) is 1.65. The molecule has 0 aromatic heterocycles. The van der Waals surface area contributed by atoms with E-state index < -0.39 is 0 Å². The van der Waals surface area contributed by atoms with E-state index in [1.54, 1.807) is 0 Å². The number of rotatable bonds is 4. The van der Waals surface area contributed by atoms with Crippen LogP contribution in [-0.2, 0) is 5.75 Å². The quantitative estimate of drug-likeness (QED) is 0.636. The van der Waals surface area contributed by atoms with E-state index in [9.17, 15) is 0 Å². The van der Waals surface area contributed by atoms with Gasteiger partial charge in [-0.15, -0.1) is 18.3 Å². The summed E-state index contributed by atoms with van der Waals surface area (Å²) in [6, 6.07) is 10.5.